The van der Waals surface area contributed by atoms with Crippen LogP contribution in [0, 0.1) is 12.7 Å². The van der Waals surface area contributed by atoms with Gasteiger partial charge in [-0.25, -0.2) is 4.39 Å². The highest BCUT2D eigenvalue weighted by molar-refractivity contribution is 6.30. The summed E-state index contributed by atoms with van der Waals surface area (Å²) in [6.07, 6.45) is 1.74. The monoisotopic (exact) mass is 364 g/mol. The summed E-state index contributed by atoms with van der Waals surface area (Å²) in [4.78, 5) is 4.36. The van der Waals surface area contributed by atoms with E-state index in [1.165, 1.54) is 12.1 Å². The Kier molecular flexibility index (Phi) is 4.22. The molecular formula is C20H14ClFN4. The van der Waals surface area contributed by atoms with Gasteiger partial charge in [-0.05, 0) is 43.3 Å². The van der Waals surface area contributed by atoms with Crippen LogP contribution in [0.15, 0.2) is 60.8 Å². The van der Waals surface area contributed by atoms with E-state index in [0.717, 1.165) is 22.3 Å². The summed E-state index contributed by atoms with van der Waals surface area (Å²) in [7, 11) is 0. The number of anilines is 2. The van der Waals surface area contributed by atoms with Crippen LogP contribution in [-0.4, -0.2) is 15.2 Å². The van der Waals surface area contributed by atoms with E-state index < -0.39 is 5.82 Å². The fourth-order valence-electron chi connectivity index (χ4n) is 2.75. The van der Waals surface area contributed by atoms with Crippen molar-refractivity contribution in [2.75, 3.05) is 5.32 Å². The average molecular weight is 365 g/mol. The molecule has 0 unspecified atom stereocenters. The van der Waals surface area contributed by atoms with Crippen molar-refractivity contribution in [2.24, 2.45) is 0 Å². The van der Waals surface area contributed by atoms with E-state index in [-0.39, 0.29) is 0 Å². The third-order valence-corrected chi connectivity index (χ3v) is 4.34. The van der Waals surface area contributed by atoms with Crippen LogP contribution in [0.4, 0.5) is 15.8 Å². The molecule has 0 aliphatic heterocycles. The Morgan fingerprint density at radius 3 is 2.69 bits per heavy atom. The van der Waals surface area contributed by atoms with Crippen molar-refractivity contribution in [1.82, 2.24) is 15.2 Å². The van der Waals surface area contributed by atoms with Gasteiger partial charge in [-0.3, -0.25) is 4.98 Å². The lowest BCUT2D eigenvalue weighted by Crippen LogP contribution is -2.00. The number of nitrogens with one attached hydrogen (secondary N) is 1. The van der Waals surface area contributed by atoms with Gasteiger partial charge >= 0.3 is 0 Å². The number of hydrogen-bond acceptors (Lipinski definition) is 4. The zero-order valence-corrected chi connectivity index (χ0v) is 14.6. The maximum atomic E-state index is 14.2. The van der Waals surface area contributed by atoms with Gasteiger partial charge in [0.15, 0.2) is 0 Å². The minimum atomic E-state index is -0.395. The Morgan fingerprint density at radius 2 is 1.81 bits per heavy atom. The summed E-state index contributed by atoms with van der Waals surface area (Å²) in [5.41, 5.74) is 3.95. The number of pyridine rings is 1. The molecule has 6 heteroatoms. The molecule has 0 aliphatic carbocycles. The zero-order chi connectivity index (χ0) is 18.1. The largest absolute Gasteiger partial charge is 0.353 e. The van der Waals surface area contributed by atoms with Gasteiger partial charge in [0.2, 0.25) is 0 Å². The third-order valence-electron chi connectivity index (χ3n) is 4.10. The van der Waals surface area contributed by atoms with Crippen molar-refractivity contribution < 1.29 is 4.39 Å². The molecule has 4 rings (SSSR count). The average Bonchev–Trinajstić information content (AvgIpc) is 2.66. The molecule has 2 aromatic carbocycles. The number of aromatic nitrogens is 3. The highest BCUT2D eigenvalue weighted by Gasteiger charge is 2.12. The molecule has 0 saturated heterocycles. The molecular weight excluding hydrogens is 351 g/mol. The molecule has 128 valence electrons. The van der Waals surface area contributed by atoms with Crippen molar-refractivity contribution in [3.8, 4) is 11.3 Å². The minimum absolute atomic E-state index is 0.313. The summed E-state index contributed by atoms with van der Waals surface area (Å²) in [5, 5.41) is 13.1. The number of hydrogen-bond donors (Lipinski definition) is 1. The normalized spacial score (nSPS) is 10.9. The molecule has 0 saturated carbocycles. The molecule has 0 radical (unpaired) electrons. The second kappa shape index (κ2) is 6.69. The van der Waals surface area contributed by atoms with E-state index in [9.17, 15) is 4.39 Å². The van der Waals surface area contributed by atoms with Crippen LogP contribution in [0.3, 0.4) is 0 Å². The highest BCUT2D eigenvalue weighted by Crippen LogP contribution is 2.30. The molecule has 0 bridgehead atoms. The Labute approximate surface area is 154 Å². The second-order valence-corrected chi connectivity index (χ2v) is 6.29. The van der Waals surface area contributed by atoms with Crippen LogP contribution in [0.5, 0.6) is 0 Å². The number of aryl methyl sites for hydroxylation is 1. The van der Waals surface area contributed by atoms with Crippen LogP contribution in [0.2, 0.25) is 5.02 Å². The quantitative estimate of drug-likeness (QED) is 0.518. The first-order valence-electron chi connectivity index (χ1n) is 8.02. The molecule has 26 heavy (non-hydrogen) atoms. The van der Waals surface area contributed by atoms with E-state index in [4.69, 9.17) is 11.6 Å². The van der Waals surface area contributed by atoms with Crippen LogP contribution in [-0.2, 0) is 0 Å². The number of para-hydroxylation sites is 1. The Balaban J connectivity index is 1.78. The van der Waals surface area contributed by atoms with Crippen molar-refractivity contribution in [1.29, 1.82) is 0 Å². The summed E-state index contributed by atoms with van der Waals surface area (Å²) in [6.45, 7) is 1.84. The smallest absolute Gasteiger partial charge is 0.132 e. The van der Waals surface area contributed by atoms with Gasteiger partial charge in [0.1, 0.15) is 5.82 Å². The van der Waals surface area contributed by atoms with Crippen molar-refractivity contribution in [2.45, 2.75) is 6.92 Å². The van der Waals surface area contributed by atoms with E-state index in [2.05, 4.69) is 20.5 Å². The molecule has 0 atom stereocenters. The first kappa shape index (κ1) is 16.4. The lowest BCUT2D eigenvalue weighted by Gasteiger charge is -2.12. The molecule has 4 aromatic rings. The van der Waals surface area contributed by atoms with Crippen LogP contribution < -0.4 is 5.32 Å². The molecule has 4 nitrogen and oxygen atoms in total. The van der Waals surface area contributed by atoms with Gasteiger partial charge in [-0.2, -0.15) is 10.2 Å². The van der Waals surface area contributed by atoms with Crippen LogP contribution in [0.1, 0.15) is 5.69 Å². The van der Waals surface area contributed by atoms with Crippen LogP contribution >= 0.6 is 11.6 Å². The topological polar surface area (TPSA) is 50.7 Å². The van der Waals surface area contributed by atoms with Gasteiger partial charge in [0.05, 0.1) is 22.6 Å². The first-order chi connectivity index (χ1) is 12.6. The van der Waals surface area contributed by atoms with Crippen molar-refractivity contribution >= 4 is 33.9 Å². The molecule has 2 aromatic heterocycles. The van der Waals surface area contributed by atoms with Gasteiger partial charge in [0.25, 0.3) is 0 Å². The molecule has 0 aliphatic rings. The van der Waals surface area contributed by atoms with Crippen LogP contribution in [0.25, 0.3) is 22.2 Å². The summed E-state index contributed by atoms with van der Waals surface area (Å²) < 4.78 is 14.2. The number of halogens is 2. The first-order valence-corrected chi connectivity index (χ1v) is 8.40. The number of rotatable bonds is 3. The van der Waals surface area contributed by atoms with Crippen molar-refractivity contribution in [3.05, 3.63) is 77.3 Å². The molecule has 1 N–H and O–H groups in total. The lowest BCUT2D eigenvalue weighted by molar-refractivity contribution is 0.630. The maximum Gasteiger partial charge on any atom is 0.132 e. The SMILES string of the molecule is Cc1nnc(-c2cc(Cl)ccc2F)cc1Nc1ccnc2ccccc12. The van der Waals surface area contributed by atoms with Gasteiger partial charge in [-0.15, -0.1) is 0 Å². The zero-order valence-electron chi connectivity index (χ0n) is 13.9. The summed E-state index contributed by atoms with van der Waals surface area (Å²) in [5.74, 6) is -0.395. The van der Waals surface area contributed by atoms with E-state index in [0.29, 0.717) is 22.0 Å². The van der Waals surface area contributed by atoms with Gasteiger partial charge in [-0.1, -0.05) is 29.8 Å². The maximum absolute atomic E-state index is 14.2. The van der Waals surface area contributed by atoms with E-state index >= 15 is 0 Å². The van der Waals surface area contributed by atoms with E-state index in [1.807, 2.05) is 37.3 Å². The van der Waals surface area contributed by atoms with E-state index in [1.54, 1.807) is 18.3 Å². The Morgan fingerprint density at radius 1 is 0.962 bits per heavy atom. The number of fused-ring (bicyclic) bond motifs is 1. The summed E-state index contributed by atoms with van der Waals surface area (Å²) in [6, 6.07) is 15.9. The molecule has 0 spiro atoms. The van der Waals surface area contributed by atoms with Gasteiger partial charge in [0, 0.05) is 27.9 Å². The standard InChI is InChI=1S/C20H14ClFN4/c1-12-19(24-18-8-9-23-17-5-3-2-4-14(17)18)11-20(26-25-12)15-10-13(21)6-7-16(15)22/h2-11H,1H3,(H,23,24,26). The fraction of sp³-hybridized carbons (Fsp3) is 0.0500. The predicted molar refractivity (Wildman–Crippen MR) is 102 cm³/mol. The minimum Gasteiger partial charge on any atom is -0.353 e. The fourth-order valence-corrected chi connectivity index (χ4v) is 2.93. The predicted octanol–water partition coefficient (Wildman–Crippen LogP) is 5.54. The Hall–Kier alpha value is -3.05. The third kappa shape index (κ3) is 3.09. The molecule has 0 amide bonds. The number of nitrogens with zero attached hydrogens (tertiary/aromatic N) is 3. The van der Waals surface area contributed by atoms with Gasteiger partial charge < -0.3 is 5.32 Å². The molecule has 0 fully saturated rings. The van der Waals surface area contributed by atoms with Crippen molar-refractivity contribution in [3.63, 3.8) is 0 Å². The summed E-state index contributed by atoms with van der Waals surface area (Å²) >= 11 is 6.00. The highest BCUT2D eigenvalue weighted by atomic mass is 35.5. The molecule has 2 heterocycles. The lowest BCUT2D eigenvalue weighted by atomic mass is 10.1. The Bertz CT molecular complexity index is 1110. The number of benzene rings is 2. The second-order valence-electron chi connectivity index (χ2n) is 5.85.